The van der Waals surface area contributed by atoms with Crippen molar-refractivity contribution in [1.29, 1.82) is 0 Å². The molecule has 0 radical (unpaired) electrons. The zero-order chi connectivity index (χ0) is 9.38. The third kappa shape index (κ3) is 1.19. The van der Waals surface area contributed by atoms with Crippen LogP contribution < -0.4 is 5.32 Å². The standard InChI is InChI=1S/C12H9NS/c1-2-6-9(5-1)12-13-10-7-3-4-8-11(10)14-12/h1-8,13H. The average molecular weight is 199 g/mol. The molecule has 1 nitrogen and oxygen atoms in total. The van der Waals surface area contributed by atoms with Gasteiger partial charge < -0.3 is 5.32 Å². The largest absolute Gasteiger partial charge is 0.349 e. The number of allylic oxidation sites excluding steroid dienone is 5. The lowest BCUT2D eigenvalue weighted by Gasteiger charge is -1.99. The fourth-order valence-electron chi connectivity index (χ4n) is 1.57. The third-order valence-corrected chi connectivity index (χ3v) is 3.39. The van der Waals surface area contributed by atoms with Crippen molar-refractivity contribution in [3.63, 3.8) is 0 Å². The van der Waals surface area contributed by atoms with Crippen LogP contribution in [-0.2, 0) is 0 Å². The monoisotopic (exact) mass is 199 g/mol. The molecule has 1 aromatic rings. The fraction of sp³-hybridized carbons (Fsp3) is 0. The maximum absolute atomic E-state index is 3.42. The van der Waals surface area contributed by atoms with E-state index in [0.29, 0.717) is 0 Å². The van der Waals surface area contributed by atoms with E-state index in [0.717, 1.165) is 0 Å². The minimum Gasteiger partial charge on any atom is -0.349 e. The maximum atomic E-state index is 3.42. The first-order valence-corrected chi connectivity index (χ1v) is 5.38. The number of benzene rings is 1. The minimum absolute atomic E-state index is 1.22. The van der Waals surface area contributed by atoms with E-state index in [1.54, 1.807) is 11.8 Å². The molecule has 1 aromatic carbocycles. The van der Waals surface area contributed by atoms with Gasteiger partial charge in [0.05, 0.1) is 10.7 Å². The molecule has 14 heavy (non-hydrogen) atoms. The summed E-state index contributed by atoms with van der Waals surface area (Å²) < 4.78 is 0. The van der Waals surface area contributed by atoms with Gasteiger partial charge in [0, 0.05) is 10.5 Å². The Labute approximate surface area is 87.2 Å². The molecule has 0 bridgehead atoms. The Morgan fingerprint density at radius 2 is 1.79 bits per heavy atom. The van der Waals surface area contributed by atoms with Gasteiger partial charge in [-0.15, -0.1) is 0 Å². The molecule has 2 heteroatoms. The van der Waals surface area contributed by atoms with Gasteiger partial charge in [0.1, 0.15) is 0 Å². The number of fused-ring (bicyclic) bond motifs is 1. The van der Waals surface area contributed by atoms with Crippen LogP contribution in [0.5, 0.6) is 0 Å². The number of nitrogens with one attached hydrogen (secondary N) is 1. The van der Waals surface area contributed by atoms with E-state index in [1.165, 1.54) is 21.2 Å². The summed E-state index contributed by atoms with van der Waals surface area (Å²) >= 11 is 1.80. The van der Waals surface area contributed by atoms with Crippen LogP contribution >= 0.6 is 11.8 Å². The highest BCUT2D eigenvalue weighted by Gasteiger charge is 2.16. The topological polar surface area (TPSA) is 12.0 Å². The first-order valence-electron chi connectivity index (χ1n) is 4.56. The number of rotatable bonds is 0. The van der Waals surface area contributed by atoms with Crippen LogP contribution in [-0.4, -0.2) is 0 Å². The summed E-state index contributed by atoms with van der Waals surface area (Å²) in [5, 5.41) is 4.65. The first-order chi connectivity index (χ1) is 6.93. The van der Waals surface area contributed by atoms with E-state index in [-0.39, 0.29) is 0 Å². The normalized spacial score (nSPS) is 17.4. The lowest BCUT2D eigenvalue weighted by atomic mass is 10.3. The second-order valence-electron chi connectivity index (χ2n) is 3.23. The van der Waals surface area contributed by atoms with E-state index >= 15 is 0 Å². The quantitative estimate of drug-likeness (QED) is 0.686. The molecule has 3 rings (SSSR count). The van der Waals surface area contributed by atoms with Gasteiger partial charge >= 0.3 is 0 Å². The van der Waals surface area contributed by atoms with Crippen LogP contribution in [0.4, 0.5) is 5.69 Å². The number of anilines is 1. The van der Waals surface area contributed by atoms with Gasteiger partial charge in [-0.25, -0.2) is 0 Å². The predicted octanol–water partition coefficient (Wildman–Crippen LogP) is 3.54. The Kier molecular flexibility index (Phi) is 1.74. The minimum atomic E-state index is 1.22. The smallest absolute Gasteiger partial charge is 0.0848 e. The first kappa shape index (κ1) is 7.94. The third-order valence-electron chi connectivity index (χ3n) is 2.27. The molecule has 1 aliphatic carbocycles. The lowest BCUT2D eigenvalue weighted by molar-refractivity contribution is 1.45. The van der Waals surface area contributed by atoms with Gasteiger partial charge in [0.2, 0.25) is 0 Å². The van der Waals surface area contributed by atoms with E-state index in [1.807, 2.05) is 0 Å². The molecule has 68 valence electrons. The van der Waals surface area contributed by atoms with Gasteiger partial charge in [0.25, 0.3) is 0 Å². The molecule has 0 amide bonds. The summed E-state index contributed by atoms with van der Waals surface area (Å²) in [4.78, 5) is 1.31. The summed E-state index contributed by atoms with van der Waals surface area (Å²) in [6.45, 7) is 0. The van der Waals surface area contributed by atoms with E-state index in [2.05, 4.69) is 53.9 Å². The highest BCUT2D eigenvalue weighted by molar-refractivity contribution is 8.03. The highest BCUT2D eigenvalue weighted by Crippen LogP contribution is 2.42. The molecule has 0 spiro atoms. The van der Waals surface area contributed by atoms with Crippen molar-refractivity contribution in [3.8, 4) is 0 Å². The zero-order valence-corrected chi connectivity index (χ0v) is 8.34. The average Bonchev–Trinajstić information content (AvgIpc) is 2.86. The van der Waals surface area contributed by atoms with Crippen LogP contribution in [0.2, 0.25) is 0 Å². The second kappa shape index (κ2) is 3.07. The molecule has 0 aromatic heterocycles. The molecule has 1 aliphatic heterocycles. The van der Waals surface area contributed by atoms with Crippen LogP contribution in [0.25, 0.3) is 0 Å². The molecule has 0 saturated heterocycles. The second-order valence-corrected chi connectivity index (χ2v) is 4.28. The van der Waals surface area contributed by atoms with E-state index in [4.69, 9.17) is 0 Å². The van der Waals surface area contributed by atoms with Gasteiger partial charge in [-0.1, -0.05) is 48.2 Å². The summed E-state index contributed by atoms with van der Waals surface area (Å²) in [6, 6.07) is 8.38. The molecule has 0 unspecified atom stereocenters. The van der Waals surface area contributed by atoms with Crippen LogP contribution in [0, 0.1) is 0 Å². The van der Waals surface area contributed by atoms with Crippen molar-refractivity contribution in [2.75, 3.05) is 5.32 Å². The highest BCUT2D eigenvalue weighted by atomic mass is 32.2. The maximum Gasteiger partial charge on any atom is 0.0848 e. The SMILES string of the molecule is C1=CC(=C2Nc3ccccc3S2)C=C1. The van der Waals surface area contributed by atoms with Gasteiger partial charge in [-0.05, 0) is 12.1 Å². The van der Waals surface area contributed by atoms with Crippen molar-refractivity contribution in [3.05, 3.63) is 59.2 Å². The number of thioether (sulfide) groups is 1. The Balaban J connectivity index is 2.03. The molecule has 2 aliphatic rings. The Hall–Kier alpha value is -1.41. The molecule has 0 atom stereocenters. The van der Waals surface area contributed by atoms with Crippen LogP contribution in [0.1, 0.15) is 0 Å². The van der Waals surface area contributed by atoms with Crippen LogP contribution in [0.3, 0.4) is 0 Å². The Bertz CT molecular complexity index is 428. The van der Waals surface area contributed by atoms with Gasteiger partial charge in [-0.2, -0.15) is 0 Å². The molecular formula is C12H9NS. The summed E-state index contributed by atoms with van der Waals surface area (Å²) in [6.07, 6.45) is 8.38. The predicted molar refractivity (Wildman–Crippen MR) is 61.2 cm³/mol. The van der Waals surface area contributed by atoms with Crippen molar-refractivity contribution in [2.45, 2.75) is 4.90 Å². The van der Waals surface area contributed by atoms with Crippen molar-refractivity contribution >= 4 is 17.4 Å². The van der Waals surface area contributed by atoms with Gasteiger partial charge in [0.15, 0.2) is 0 Å². The molecule has 1 N–H and O–H groups in total. The van der Waals surface area contributed by atoms with E-state index < -0.39 is 0 Å². The molecular weight excluding hydrogens is 190 g/mol. The number of hydrogen-bond donors (Lipinski definition) is 1. The van der Waals surface area contributed by atoms with Crippen LogP contribution in [0.15, 0.2) is 64.1 Å². The zero-order valence-electron chi connectivity index (χ0n) is 7.53. The Morgan fingerprint density at radius 1 is 1.00 bits per heavy atom. The summed E-state index contributed by atoms with van der Waals surface area (Å²) in [5.41, 5.74) is 2.49. The molecule has 1 heterocycles. The van der Waals surface area contributed by atoms with Gasteiger partial charge in [-0.3, -0.25) is 0 Å². The van der Waals surface area contributed by atoms with Crippen molar-refractivity contribution in [1.82, 2.24) is 0 Å². The molecule has 0 fully saturated rings. The fourth-order valence-corrected chi connectivity index (χ4v) is 2.58. The summed E-state index contributed by atoms with van der Waals surface area (Å²) in [7, 11) is 0. The van der Waals surface area contributed by atoms with Crippen molar-refractivity contribution in [2.24, 2.45) is 0 Å². The summed E-state index contributed by atoms with van der Waals surface area (Å²) in [5.74, 6) is 0. The molecule has 0 saturated carbocycles. The lowest BCUT2D eigenvalue weighted by Crippen LogP contribution is -1.90. The Morgan fingerprint density at radius 3 is 2.57 bits per heavy atom. The van der Waals surface area contributed by atoms with Crippen molar-refractivity contribution < 1.29 is 0 Å². The van der Waals surface area contributed by atoms with E-state index in [9.17, 15) is 0 Å². The number of hydrogen-bond acceptors (Lipinski definition) is 2. The number of para-hydroxylation sites is 1.